The van der Waals surface area contributed by atoms with Crippen molar-refractivity contribution in [3.8, 4) is 0 Å². The Labute approximate surface area is 248 Å². The van der Waals surface area contributed by atoms with Gasteiger partial charge in [-0.15, -0.1) is 0 Å². The lowest BCUT2D eigenvalue weighted by molar-refractivity contribution is -0.142. The third-order valence-corrected chi connectivity index (χ3v) is 9.09. The molecule has 2 saturated heterocycles. The standard InChI is InChI=1S/C32H44N6O4/c1-22-20-23(8-9-27(22)33)21-29(30(39)36-15-11-25(12-16-36)35(2)3)42-32(41)37-17-13-26(14-18-37)38-19-10-24-6-4-5-7-28(24)34-31(38)40/h4-9,20,25-26,29H,10-19,21,33H2,1-3H3,(H,34,40)/t29-/m1/s1. The molecule has 0 spiro atoms. The first kappa shape index (κ1) is 29.7. The van der Waals surface area contributed by atoms with Crippen LogP contribution in [0, 0.1) is 6.92 Å². The first-order valence-electron chi connectivity index (χ1n) is 15.1. The molecule has 0 aromatic heterocycles. The summed E-state index contributed by atoms with van der Waals surface area (Å²) in [5.41, 5.74) is 10.5. The van der Waals surface area contributed by atoms with Crippen LogP contribution in [0.1, 0.15) is 42.4 Å². The number of hydrogen-bond acceptors (Lipinski definition) is 6. The normalized spacial score (nSPS) is 19.2. The van der Waals surface area contributed by atoms with E-state index in [9.17, 15) is 14.4 Å². The van der Waals surface area contributed by atoms with Crippen LogP contribution in [0.25, 0.3) is 0 Å². The van der Waals surface area contributed by atoms with E-state index in [4.69, 9.17) is 10.5 Å². The highest BCUT2D eigenvalue weighted by Crippen LogP contribution is 2.26. The van der Waals surface area contributed by atoms with Gasteiger partial charge in [0.1, 0.15) is 0 Å². The average Bonchev–Trinajstić information content (AvgIpc) is 3.16. The van der Waals surface area contributed by atoms with Gasteiger partial charge in [0.05, 0.1) is 0 Å². The zero-order chi connectivity index (χ0) is 29.8. The number of aryl methyl sites for hydroxylation is 1. The molecular formula is C32H44N6O4. The lowest BCUT2D eigenvalue weighted by Crippen LogP contribution is -2.52. The number of carbonyl (C=O) groups excluding carboxylic acids is 3. The maximum absolute atomic E-state index is 13.7. The largest absolute Gasteiger partial charge is 0.436 e. The number of nitrogens with zero attached hydrogens (tertiary/aromatic N) is 4. The number of benzene rings is 2. The van der Waals surface area contributed by atoms with Crippen molar-refractivity contribution in [2.75, 3.05) is 57.9 Å². The molecule has 2 fully saturated rings. The Morgan fingerprint density at radius 3 is 2.38 bits per heavy atom. The van der Waals surface area contributed by atoms with E-state index in [2.05, 4.69) is 24.3 Å². The molecule has 3 N–H and O–H groups in total. The van der Waals surface area contributed by atoms with Gasteiger partial charge in [0.15, 0.2) is 6.10 Å². The highest BCUT2D eigenvalue weighted by atomic mass is 16.6. The predicted molar refractivity (Wildman–Crippen MR) is 163 cm³/mol. The topological polar surface area (TPSA) is 111 Å². The van der Waals surface area contributed by atoms with Crippen molar-refractivity contribution in [2.45, 2.75) is 63.6 Å². The third-order valence-electron chi connectivity index (χ3n) is 9.09. The van der Waals surface area contributed by atoms with Gasteiger partial charge < -0.3 is 35.4 Å². The number of rotatable bonds is 6. The lowest BCUT2D eigenvalue weighted by atomic mass is 10.0. The van der Waals surface area contributed by atoms with Crippen LogP contribution in [0.15, 0.2) is 42.5 Å². The van der Waals surface area contributed by atoms with Crippen LogP contribution >= 0.6 is 0 Å². The molecule has 2 aromatic carbocycles. The van der Waals surface area contributed by atoms with Gasteiger partial charge in [-0.1, -0.05) is 30.3 Å². The summed E-state index contributed by atoms with van der Waals surface area (Å²) < 4.78 is 5.98. The molecule has 0 aliphatic carbocycles. The van der Waals surface area contributed by atoms with E-state index in [0.29, 0.717) is 63.7 Å². The Hall–Kier alpha value is -3.79. The number of piperidine rings is 2. The number of nitrogens with one attached hydrogen (secondary N) is 1. The van der Waals surface area contributed by atoms with Crippen LogP contribution in [0.2, 0.25) is 0 Å². The molecule has 4 amide bonds. The summed E-state index contributed by atoms with van der Waals surface area (Å²) in [6.45, 7) is 4.79. The Bertz CT molecular complexity index is 1280. The number of anilines is 2. The third kappa shape index (κ3) is 6.81. The van der Waals surface area contributed by atoms with E-state index < -0.39 is 12.2 Å². The molecule has 42 heavy (non-hydrogen) atoms. The molecule has 0 bridgehead atoms. The Kier molecular flexibility index (Phi) is 9.21. The van der Waals surface area contributed by atoms with Gasteiger partial charge >= 0.3 is 12.1 Å². The molecule has 10 heteroatoms. The van der Waals surface area contributed by atoms with Gasteiger partial charge in [0.2, 0.25) is 0 Å². The van der Waals surface area contributed by atoms with Crippen LogP contribution in [0.4, 0.5) is 21.0 Å². The quantitative estimate of drug-likeness (QED) is 0.507. The monoisotopic (exact) mass is 576 g/mol. The molecule has 1 atom stereocenters. The fourth-order valence-electron chi connectivity index (χ4n) is 6.36. The van der Waals surface area contributed by atoms with Gasteiger partial charge in [-0.3, -0.25) is 4.79 Å². The minimum absolute atomic E-state index is 0.0385. The maximum Gasteiger partial charge on any atom is 0.410 e. The smallest absolute Gasteiger partial charge is 0.410 e. The molecule has 5 rings (SSSR count). The van der Waals surface area contributed by atoms with Gasteiger partial charge in [0, 0.05) is 62.6 Å². The fraction of sp³-hybridized carbons (Fsp3) is 0.531. The van der Waals surface area contributed by atoms with Crippen molar-refractivity contribution in [2.24, 2.45) is 0 Å². The molecule has 3 aliphatic heterocycles. The number of nitrogen functional groups attached to an aromatic ring is 1. The molecule has 0 radical (unpaired) electrons. The second-order valence-electron chi connectivity index (χ2n) is 12.0. The number of carbonyl (C=O) groups is 3. The van der Waals surface area contributed by atoms with Gasteiger partial charge in [-0.05, 0) is 81.9 Å². The van der Waals surface area contributed by atoms with E-state index in [0.717, 1.165) is 41.6 Å². The van der Waals surface area contributed by atoms with Crippen LogP contribution < -0.4 is 11.1 Å². The second-order valence-corrected chi connectivity index (χ2v) is 12.0. The minimum atomic E-state index is -0.913. The maximum atomic E-state index is 13.7. The van der Waals surface area contributed by atoms with E-state index in [1.54, 1.807) is 4.90 Å². The summed E-state index contributed by atoms with van der Waals surface area (Å²) in [6, 6.07) is 14.0. The van der Waals surface area contributed by atoms with Crippen molar-refractivity contribution in [3.05, 3.63) is 59.2 Å². The summed E-state index contributed by atoms with van der Waals surface area (Å²) in [7, 11) is 4.13. The number of urea groups is 1. The molecule has 226 valence electrons. The van der Waals surface area contributed by atoms with E-state index in [1.807, 2.05) is 59.2 Å². The summed E-state index contributed by atoms with van der Waals surface area (Å²) >= 11 is 0. The van der Waals surface area contributed by atoms with Crippen molar-refractivity contribution in [3.63, 3.8) is 0 Å². The van der Waals surface area contributed by atoms with Crippen molar-refractivity contribution < 1.29 is 19.1 Å². The molecule has 3 heterocycles. The predicted octanol–water partition coefficient (Wildman–Crippen LogP) is 3.73. The summed E-state index contributed by atoms with van der Waals surface area (Å²) in [5.74, 6) is -0.147. The number of para-hydroxylation sites is 1. The number of ether oxygens (including phenoxy) is 1. The SMILES string of the molecule is Cc1cc(C[C@@H](OC(=O)N2CCC(N3CCc4ccccc4NC3=O)CC2)C(=O)N2CCC(N(C)C)CC2)ccc1N. The minimum Gasteiger partial charge on any atom is -0.436 e. The summed E-state index contributed by atoms with van der Waals surface area (Å²) in [5, 5.41) is 3.04. The van der Waals surface area contributed by atoms with Crippen LogP contribution in [0.5, 0.6) is 0 Å². The number of nitrogens with two attached hydrogens (primary N) is 1. The summed E-state index contributed by atoms with van der Waals surface area (Å²) in [6.07, 6.45) is 2.80. The molecule has 0 unspecified atom stereocenters. The fourth-order valence-corrected chi connectivity index (χ4v) is 6.36. The second kappa shape index (κ2) is 13.0. The van der Waals surface area contributed by atoms with Crippen molar-refractivity contribution >= 4 is 29.4 Å². The van der Waals surface area contributed by atoms with Gasteiger partial charge in [-0.25, -0.2) is 9.59 Å². The lowest BCUT2D eigenvalue weighted by Gasteiger charge is -2.38. The summed E-state index contributed by atoms with van der Waals surface area (Å²) in [4.78, 5) is 47.7. The average molecular weight is 577 g/mol. The molecule has 0 saturated carbocycles. The van der Waals surface area contributed by atoms with E-state index >= 15 is 0 Å². The van der Waals surface area contributed by atoms with Crippen LogP contribution in [-0.2, 0) is 22.4 Å². The number of likely N-dealkylation sites (tertiary alicyclic amines) is 2. The first-order chi connectivity index (χ1) is 20.2. The molecule has 10 nitrogen and oxygen atoms in total. The van der Waals surface area contributed by atoms with Gasteiger partial charge in [-0.2, -0.15) is 0 Å². The van der Waals surface area contributed by atoms with E-state index in [1.165, 1.54) is 0 Å². The zero-order valence-corrected chi connectivity index (χ0v) is 25.1. The number of hydrogen-bond donors (Lipinski definition) is 2. The van der Waals surface area contributed by atoms with Gasteiger partial charge in [0.25, 0.3) is 5.91 Å². The zero-order valence-electron chi connectivity index (χ0n) is 25.1. The van der Waals surface area contributed by atoms with Crippen LogP contribution in [-0.4, -0.2) is 103 Å². The molecule has 3 aliphatic rings. The van der Waals surface area contributed by atoms with E-state index in [-0.39, 0.29) is 18.0 Å². The number of fused-ring (bicyclic) bond motifs is 1. The molecule has 2 aromatic rings. The van der Waals surface area contributed by atoms with Crippen molar-refractivity contribution in [1.82, 2.24) is 19.6 Å². The first-order valence-corrected chi connectivity index (χ1v) is 15.1. The molecular weight excluding hydrogens is 532 g/mol. The Morgan fingerprint density at radius 2 is 1.69 bits per heavy atom. The number of amides is 4. The Balaban J connectivity index is 1.21. The van der Waals surface area contributed by atoms with Crippen LogP contribution in [0.3, 0.4) is 0 Å². The Morgan fingerprint density at radius 1 is 1.00 bits per heavy atom. The van der Waals surface area contributed by atoms with Crippen molar-refractivity contribution in [1.29, 1.82) is 0 Å². The highest BCUT2D eigenvalue weighted by Gasteiger charge is 2.35. The highest BCUT2D eigenvalue weighted by molar-refractivity contribution is 5.91.